The highest BCUT2D eigenvalue weighted by Crippen LogP contribution is 2.20. The number of nitrogens with one attached hydrogen (secondary N) is 1. The number of hydrogen-bond donors (Lipinski definition) is 2. The largest absolute Gasteiger partial charge is 0.471 e. The highest BCUT2D eigenvalue weighted by atomic mass is 19.4. The minimum atomic E-state index is -4.84. The fourth-order valence-electron chi connectivity index (χ4n) is 1.49. The molecular formula is C16H17F3N2O. The van der Waals surface area contributed by atoms with Crippen LogP contribution in [0.25, 0.3) is 0 Å². The van der Waals surface area contributed by atoms with Crippen molar-refractivity contribution in [3.63, 3.8) is 0 Å². The van der Waals surface area contributed by atoms with E-state index in [0.29, 0.717) is 5.56 Å². The number of nitrogens with two attached hydrogens (primary N) is 1. The van der Waals surface area contributed by atoms with Gasteiger partial charge in [-0.15, -0.1) is 0 Å². The Labute approximate surface area is 127 Å². The van der Waals surface area contributed by atoms with E-state index in [1.54, 1.807) is 30.4 Å². The Morgan fingerprint density at radius 1 is 0.955 bits per heavy atom. The van der Waals surface area contributed by atoms with Gasteiger partial charge in [0.1, 0.15) is 0 Å². The molecule has 0 aliphatic heterocycles. The van der Waals surface area contributed by atoms with Crippen molar-refractivity contribution >= 4 is 17.3 Å². The van der Waals surface area contributed by atoms with Crippen LogP contribution in [0.3, 0.4) is 0 Å². The molecule has 0 saturated carbocycles. The monoisotopic (exact) mass is 310 g/mol. The molecule has 0 aromatic heterocycles. The molecule has 0 aliphatic carbocycles. The van der Waals surface area contributed by atoms with Crippen LogP contribution in [-0.4, -0.2) is 12.1 Å². The minimum Gasteiger partial charge on any atom is -0.399 e. The molecule has 6 heteroatoms. The van der Waals surface area contributed by atoms with Crippen molar-refractivity contribution in [2.75, 3.05) is 11.1 Å². The Kier molecular flexibility index (Phi) is 5.98. The molecule has 0 fully saturated rings. The lowest BCUT2D eigenvalue weighted by atomic mass is 10.2. The van der Waals surface area contributed by atoms with Crippen LogP contribution in [0.1, 0.15) is 11.1 Å². The molecule has 118 valence electrons. The first kappa shape index (κ1) is 17.6. The fourth-order valence-corrected chi connectivity index (χ4v) is 1.49. The Morgan fingerprint density at radius 2 is 1.45 bits per heavy atom. The number of rotatable bonds is 1. The summed E-state index contributed by atoms with van der Waals surface area (Å²) >= 11 is 0. The van der Waals surface area contributed by atoms with Crippen molar-refractivity contribution < 1.29 is 18.0 Å². The number of aryl methyl sites for hydroxylation is 2. The number of halogens is 3. The molecule has 0 bridgehead atoms. The maximum Gasteiger partial charge on any atom is 0.471 e. The first-order valence-corrected chi connectivity index (χ1v) is 6.46. The second kappa shape index (κ2) is 7.49. The van der Waals surface area contributed by atoms with Crippen molar-refractivity contribution in [1.82, 2.24) is 0 Å². The van der Waals surface area contributed by atoms with Gasteiger partial charge >= 0.3 is 12.1 Å². The molecule has 0 saturated heterocycles. The summed E-state index contributed by atoms with van der Waals surface area (Å²) in [6, 6.07) is 14.1. The van der Waals surface area contributed by atoms with Crippen LogP contribution in [0.15, 0.2) is 48.5 Å². The van der Waals surface area contributed by atoms with Crippen LogP contribution in [0.5, 0.6) is 0 Å². The van der Waals surface area contributed by atoms with Crippen molar-refractivity contribution in [3.05, 3.63) is 59.7 Å². The molecule has 0 spiro atoms. The minimum absolute atomic E-state index is 0.176. The van der Waals surface area contributed by atoms with Gasteiger partial charge in [0.25, 0.3) is 0 Å². The quantitative estimate of drug-likeness (QED) is 0.780. The van der Waals surface area contributed by atoms with Gasteiger partial charge < -0.3 is 11.1 Å². The van der Waals surface area contributed by atoms with Crippen LogP contribution < -0.4 is 11.1 Å². The van der Waals surface area contributed by atoms with Gasteiger partial charge in [-0.25, -0.2) is 0 Å². The summed E-state index contributed by atoms with van der Waals surface area (Å²) in [5.74, 6) is -1.95. The fraction of sp³-hybridized carbons (Fsp3) is 0.188. The summed E-state index contributed by atoms with van der Waals surface area (Å²) < 4.78 is 35.6. The van der Waals surface area contributed by atoms with Crippen molar-refractivity contribution in [2.45, 2.75) is 20.0 Å². The second-order valence-electron chi connectivity index (χ2n) is 4.62. The molecule has 22 heavy (non-hydrogen) atoms. The number of anilines is 2. The molecule has 0 aliphatic rings. The van der Waals surface area contributed by atoms with E-state index in [2.05, 4.69) is 0 Å². The van der Waals surface area contributed by atoms with Crippen LogP contribution in [0.4, 0.5) is 24.5 Å². The van der Waals surface area contributed by atoms with Crippen LogP contribution in [0, 0.1) is 13.8 Å². The standard InChI is InChI=1S/C9H8F3NO.C7H9N/c1-6-4-2-3-5-7(6)13-8(14)9(10,11)12;1-6-4-2-3-5-7(6)8/h2-5H,1H3,(H,13,14);2-5H,8H2,1H3. The number of nitrogen functional groups attached to an aromatic ring is 1. The van der Waals surface area contributed by atoms with Gasteiger partial charge in [-0.2, -0.15) is 13.2 Å². The molecule has 3 nitrogen and oxygen atoms in total. The van der Waals surface area contributed by atoms with E-state index in [4.69, 9.17) is 5.73 Å². The molecule has 0 heterocycles. The molecule has 2 aromatic carbocycles. The summed E-state index contributed by atoms with van der Waals surface area (Å²) in [5, 5.41) is 1.79. The third-order valence-corrected chi connectivity index (χ3v) is 2.84. The molecule has 2 aromatic rings. The zero-order valence-electron chi connectivity index (χ0n) is 12.2. The zero-order valence-corrected chi connectivity index (χ0v) is 12.2. The summed E-state index contributed by atoms with van der Waals surface area (Å²) in [5.41, 5.74) is 8.30. The van der Waals surface area contributed by atoms with E-state index in [-0.39, 0.29) is 5.69 Å². The van der Waals surface area contributed by atoms with E-state index < -0.39 is 12.1 Å². The zero-order chi connectivity index (χ0) is 16.8. The second-order valence-corrected chi connectivity index (χ2v) is 4.62. The molecule has 2 rings (SSSR count). The maximum absolute atomic E-state index is 11.9. The number of para-hydroxylation sites is 2. The van der Waals surface area contributed by atoms with Crippen molar-refractivity contribution in [1.29, 1.82) is 0 Å². The lowest BCUT2D eigenvalue weighted by Crippen LogP contribution is -2.30. The van der Waals surface area contributed by atoms with Crippen molar-refractivity contribution in [2.24, 2.45) is 0 Å². The Morgan fingerprint density at radius 3 is 1.86 bits per heavy atom. The van der Waals surface area contributed by atoms with Gasteiger partial charge in [0.2, 0.25) is 0 Å². The summed E-state index contributed by atoms with van der Waals surface area (Å²) in [6.45, 7) is 3.61. The van der Waals surface area contributed by atoms with E-state index in [9.17, 15) is 18.0 Å². The third-order valence-electron chi connectivity index (χ3n) is 2.84. The number of carbonyl (C=O) groups excluding carboxylic acids is 1. The van der Waals surface area contributed by atoms with Gasteiger partial charge in [-0.3, -0.25) is 4.79 Å². The number of alkyl halides is 3. The Bertz CT molecular complexity index is 618. The summed E-state index contributed by atoms with van der Waals surface area (Å²) in [6.07, 6.45) is -4.84. The average Bonchev–Trinajstić information content (AvgIpc) is 2.44. The molecule has 0 unspecified atom stereocenters. The topological polar surface area (TPSA) is 55.1 Å². The molecule has 1 amide bonds. The Balaban J connectivity index is 0.000000255. The molecule has 3 N–H and O–H groups in total. The van der Waals surface area contributed by atoms with Gasteiger partial charge in [0.05, 0.1) is 0 Å². The van der Waals surface area contributed by atoms with Gasteiger partial charge in [-0.1, -0.05) is 36.4 Å². The maximum atomic E-state index is 11.9. The normalized spacial score (nSPS) is 10.4. The van der Waals surface area contributed by atoms with Gasteiger partial charge in [0, 0.05) is 11.4 Å². The SMILES string of the molecule is Cc1ccccc1N.Cc1ccccc1NC(=O)C(F)(F)F. The first-order valence-electron chi connectivity index (χ1n) is 6.46. The predicted molar refractivity (Wildman–Crippen MR) is 81.5 cm³/mol. The Hall–Kier alpha value is -2.50. The average molecular weight is 310 g/mol. The lowest BCUT2D eigenvalue weighted by molar-refractivity contribution is -0.167. The molecule has 0 atom stereocenters. The van der Waals surface area contributed by atoms with Crippen LogP contribution >= 0.6 is 0 Å². The number of hydrogen-bond acceptors (Lipinski definition) is 2. The number of carbonyl (C=O) groups is 1. The van der Waals surface area contributed by atoms with Gasteiger partial charge in [-0.05, 0) is 37.1 Å². The smallest absolute Gasteiger partial charge is 0.399 e. The summed E-state index contributed by atoms with van der Waals surface area (Å²) in [4.78, 5) is 10.6. The summed E-state index contributed by atoms with van der Waals surface area (Å²) in [7, 11) is 0. The highest BCUT2D eigenvalue weighted by Gasteiger charge is 2.38. The lowest BCUT2D eigenvalue weighted by Gasteiger charge is -2.09. The van der Waals surface area contributed by atoms with Crippen LogP contribution in [-0.2, 0) is 4.79 Å². The van der Waals surface area contributed by atoms with E-state index in [1.165, 1.54) is 6.07 Å². The van der Waals surface area contributed by atoms with Crippen molar-refractivity contribution in [3.8, 4) is 0 Å². The molecular weight excluding hydrogens is 293 g/mol. The number of benzene rings is 2. The van der Waals surface area contributed by atoms with E-state index in [1.807, 2.05) is 31.2 Å². The van der Waals surface area contributed by atoms with Crippen LogP contribution in [0.2, 0.25) is 0 Å². The number of amides is 1. The first-order chi connectivity index (χ1) is 10.2. The highest BCUT2D eigenvalue weighted by molar-refractivity contribution is 5.95. The van der Waals surface area contributed by atoms with E-state index >= 15 is 0 Å². The predicted octanol–water partition coefficient (Wildman–Crippen LogP) is 4.07. The van der Waals surface area contributed by atoms with Gasteiger partial charge in [0.15, 0.2) is 0 Å². The third kappa shape index (κ3) is 5.47. The van der Waals surface area contributed by atoms with E-state index in [0.717, 1.165) is 11.3 Å². The molecule has 0 radical (unpaired) electrons.